The fourth-order valence-corrected chi connectivity index (χ4v) is 6.25. The zero-order valence-electron chi connectivity index (χ0n) is 21.1. The molecule has 1 aromatic carbocycles. The van der Waals surface area contributed by atoms with Crippen molar-refractivity contribution in [1.29, 1.82) is 0 Å². The molecule has 190 valence electrons. The highest BCUT2D eigenvalue weighted by atomic mass is 32.2. The first-order chi connectivity index (χ1) is 18.2. The van der Waals surface area contributed by atoms with Crippen LogP contribution in [0.4, 0.5) is 0 Å². The van der Waals surface area contributed by atoms with Gasteiger partial charge in [-0.05, 0) is 61.0 Å². The Hall–Kier alpha value is -4.50. The summed E-state index contributed by atoms with van der Waals surface area (Å²) < 4.78 is 29.9. The Morgan fingerprint density at radius 1 is 0.921 bits per heavy atom. The van der Waals surface area contributed by atoms with E-state index in [0.29, 0.717) is 22.0 Å². The van der Waals surface area contributed by atoms with Gasteiger partial charge in [0.25, 0.3) is 5.56 Å². The van der Waals surface area contributed by atoms with Crippen LogP contribution in [0, 0.1) is 0 Å². The lowest BCUT2D eigenvalue weighted by Gasteiger charge is -2.32. The van der Waals surface area contributed by atoms with Crippen molar-refractivity contribution in [2.45, 2.75) is 17.4 Å². The molecule has 0 saturated carbocycles. The number of pyridine rings is 3. The number of H-pyrrole nitrogens is 1. The van der Waals surface area contributed by atoms with Crippen LogP contribution in [-0.4, -0.2) is 38.8 Å². The summed E-state index contributed by atoms with van der Waals surface area (Å²) in [6.07, 6.45) is 10.0. The molecule has 0 spiro atoms. The molecule has 0 atom stereocenters. The number of aryl methyl sites for hydroxylation is 1. The number of benzene rings is 1. The molecule has 0 radical (unpaired) electrons. The average Bonchev–Trinajstić information content (AvgIpc) is 3.50. The SMILES string of the molecule is Cn1cc(-c2cc(S(C)(=O)=O)c3ccn(C(C)(c4ccccn4)c4ccccn4)c3c2)c2cc[nH]c(=O)c21. The number of hydrogen-bond donors (Lipinski definition) is 1. The molecular weight excluding hydrogens is 498 g/mol. The normalized spacial score (nSPS) is 12.4. The summed E-state index contributed by atoms with van der Waals surface area (Å²) in [7, 11) is -1.79. The molecule has 0 fully saturated rings. The number of hydrogen-bond acceptors (Lipinski definition) is 5. The van der Waals surface area contributed by atoms with E-state index in [9.17, 15) is 13.2 Å². The molecule has 6 aromatic rings. The first-order valence-corrected chi connectivity index (χ1v) is 13.9. The van der Waals surface area contributed by atoms with Gasteiger partial charge in [-0.2, -0.15) is 0 Å². The summed E-state index contributed by atoms with van der Waals surface area (Å²) in [4.78, 5) is 24.8. The molecule has 8 nitrogen and oxygen atoms in total. The molecule has 6 rings (SSSR count). The zero-order chi connectivity index (χ0) is 26.7. The second-order valence-electron chi connectivity index (χ2n) is 9.59. The second kappa shape index (κ2) is 8.53. The van der Waals surface area contributed by atoms with Gasteiger partial charge in [-0.3, -0.25) is 14.8 Å². The number of aromatic amines is 1. The molecule has 0 aliphatic heterocycles. The number of fused-ring (bicyclic) bond motifs is 2. The molecule has 0 saturated heterocycles. The van der Waals surface area contributed by atoms with Crippen LogP contribution in [-0.2, 0) is 22.4 Å². The maximum atomic E-state index is 13.1. The highest BCUT2D eigenvalue weighted by molar-refractivity contribution is 7.91. The number of sulfone groups is 1. The number of nitrogens with zero attached hydrogens (tertiary/aromatic N) is 4. The Bertz CT molecular complexity index is 1950. The number of nitrogens with one attached hydrogen (secondary N) is 1. The molecule has 0 aliphatic carbocycles. The lowest BCUT2D eigenvalue weighted by Crippen LogP contribution is -2.34. The lowest BCUT2D eigenvalue weighted by molar-refractivity contribution is 0.463. The van der Waals surface area contributed by atoms with E-state index in [4.69, 9.17) is 0 Å². The lowest BCUT2D eigenvalue weighted by atomic mass is 9.91. The summed E-state index contributed by atoms with van der Waals surface area (Å²) in [6.45, 7) is 2.03. The third-order valence-electron chi connectivity index (χ3n) is 7.19. The second-order valence-corrected chi connectivity index (χ2v) is 11.6. The maximum Gasteiger partial charge on any atom is 0.272 e. The predicted molar refractivity (Wildman–Crippen MR) is 148 cm³/mol. The molecule has 5 aromatic heterocycles. The minimum Gasteiger partial charge on any atom is -0.345 e. The van der Waals surface area contributed by atoms with E-state index in [1.807, 2.05) is 78.5 Å². The van der Waals surface area contributed by atoms with Gasteiger partial charge in [0, 0.05) is 60.6 Å². The zero-order valence-corrected chi connectivity index (χ0v) is 21.9. The Morgan fingerprint density at radius 3 is 2.21 bits per heavy atom. The van der Waals surface area contributed by atoms with E-state index >= 15 is 0 Å². The molecule has 0 unspecified atom stereocenters. The minimum atomic E-state index is -3.60. The molecule has 9 heteroatoms. The van der Waals surface area contributed by atoms with Crippen LogP contribution in [0.25, 0.3) is 32.9 Å². The Morgan fingerprint density at radius 2 is 1.61 bits per heavy atom. The van der Waals surface area contributed by atoms with Gasteiger partial charge in [-0.15, -0.1) is 0 Å². The molecule has 0 bridgehead atoms. The van der Waals surface area contributed by atoms with E-state index in [-0.39, 0.29) is 10.5 Å². The fraction of sp³-hybridized carbons (Fsp3) is 0.138. The van der Waals surface area contributed by atoms with Gasteiger partial charge >= 0.3 is 0 Å². The van der Waals surface area contributed by atoms with Crippen LogP contribution in [0.1, 0.15) is 18.3 Å². The Balaban J connectivity index is 1.72. The van der Waals surface area contributed by atoms with Crippen molar-refractivity contribution in [3.63, 3.8) is 0 Å². The molecular formula is C29H25N5O3S. The Labute approximate surface area is 219 Å². The van der Waals surface area contributed by atoms with Crippen molar-refractivity contribution >= 4 is 31.6 Å². The van der Waals surface area contributed by atoms with Crippen molar-refractivity contribution in [1.82, 2.24) is 24.1 Å². The van der Waals surface area contributed by atoms with Crippen LogP contribution in [0.15, 0.2) is 101 Å². The number of aromatic nitrogens is 5. The third kappa shape index (κ3) is 3.58. The van der Waals surface area contributed by atoms with Crippen LogP contribution in [0.3, 0.4) is 0 Å². The van der Waals surface area contributed by atoms with Gasteiger partial charge in [0.15, 0.2) is 9.84 Å². The molecule has 0 amide bonds. The van der Waals surface area contributed by atoms with Crippen molar-refractivity contribution in [2.75, 3.05) is 6.26 Å². The largest absolute Gasteiger partial charge is 0.345 e. The highest BCUT2D eigenvalue weighted by Crippen LogP contribution is 2.39. The summed E-state index contributed by atoms with van der Waals surface area (Å²) in [5.74, 6) is 0. The first kappa shape index (κ1) is 23.9. The highest BCUT2D eigenvalue weighted by Gasteiger charge is 2.35. The minimum absolute atomic E-state index is 0.207. The van der Waals surface area contributed by atoms with Crippen LogP contribution in [0.5, 0.6) is 0 Å². The third-order valence-corrected chi connectivity index (χ3v) is 8.33. The topological polar surface area (TPSA) is 103 Å². The first-order valence-electron chi connectivity index (χ1n) is 12.1. The molecule has 38 heavy (non-hydrogen) atoms. The van der Waals surface area contributed by atoms with Gasteiger partial charge in [0.1, 0.15) is 11.1 Å². The molecule has 5 heterocycles. The number of rotatable bonds is 5. The van der Waals surface area contributed by atoms with Crippen molar-refractivity contribution in [3.05, 3.63) is 113 Å². The van der Waals surface area contributed by atoms with Gasteiger partial charge in [-0.25, -0.2) is 8.42 Å². The quantitative estimate of drug-likeness (QED) is 0.359. The monoisotopic (exact) mass is 523 g/mol. The molecule has 0 aliphatic rings. The van der Waals surface area contributed by atoms with Crippen molar-refractivity contribution in [2.24, 2.45) is 7.05 Å². The van der Waals surface area contributed by atoms with Gasteiger partial charge in [0.2, 0.25) is 0 Å². The Kier molecular flexibility index (Phi) is 5.36. The average molecular weight is 524 g/mol. The van der Waals surface area contributed by atoms with Gasteiger partial charge < -0.3 is 14.1 Å². The van der Waals surface area contributed by atoms with Gasteiger partial charge in [0.05, 0.1) is 21.8 Å². The summed E-state index contributed by atoms with van der Waals surface area (Å²) in [5.41, 5.74) is 3.17. The van der Waals surface area contributed by atoms with E-state index < -0.39 is 15.4 Å². The molecule has 1 N–H and O–H groups in total. The predicted octanol–water partition coefficient (Wildman–Crippen LogP) is 4.49. The van der Waals surface area contributed by atoms with E-state index in [1.54, 1.807) is 36.3 Å². The van der Waals surface area contributed by atoms with Crippen molar-refractivity contribution < 1.29 is 8.42 Å². The van der Waals surface area contributed by atoms with Crippen LogP contribution in [0.2, 0.25) is 0 Å². The van der Waals surface area contributed by atoms with E-state index in [2.05, 4.69) is 15.0 Å². The smallest absolute Gasteiger partial charge is 0.272 e. The van der Waals surface area contributed by atoms with Crippen LogP contribution < -0.4 is 5.56 Å². The maximum absolute atomic E-state index is 13.1. The fourth-order valence-electron chi connectivity index (χ4n) is 5.34. The van der Waals surface area contributed by atoms with Crippen molar-refractivity contribution in [3.8, 4) is 11.1 Å². The van der Waals surface area contributed by atoms with E-state index in [0.717, 1.165) is 22.3 Å². The standard InChI is InChI=1S/C29H25N5O3S/c1-29(25-8-4-6-12-30-25,26-9-5-7-13-31-26)34-15-11-21-23(34)16-19(17-24(21)38(3,36)37)22-18-33(2)27-20(22)10-14-32-28(27)35/h4-18H,1-3H3,(H,32,35). The van der Waals surface area contributed by atoms with E-state index in [1.165, 1.54) is 6.26 Å². The van der Waals surface area contributed by atoms with Gasteiger partial charge in [-0.1, -0.05) is 12.1 Å². The summed E-state index contributed by atoms with van der Waals surface area (Å²) in [5, 5.41) is 1.35. The summed E-state index contributed by atoms with van der Waals surface area (Å²) in [6, 6.07) is 18.8. The van der Waals surface area contributed by atoms with Crippen LogP contribution >= 0.6 is 0 Å². The summed E-state index contributed by atoms with van der Waals surface area (Å²) >= 11 is 0.